The molecule has 1 aliphatic heterocycles. The van der Waals surface area contributed by atoms with Crippen LogP contribution in [0.15, 0.2) is 18.3 Å². The molecule has 0 aliphatic carbocycles. The highest BCUT2D eigenvalue weighted by molar-refractivity contribution is 5.92. The van der Waals surface area contributed by atoms with E-state index in [1.165, 1.54) is 6.20 Å². The lowest BCUT2D eigenvalue weighted by Gasteiger charge is -2.21. The lowest BCUT2D eigenvalue weighted by molar-refractivity contribution is -0.136. The number of aliphatic carboxylic acids is 1. The Morgan fingerprint density at radius 2 is 2.32 bits per heavy atom. The van der Waals surface area contributed by atoms with Crippen LogP contribution in [-0.4, -0.2) is 35.1 Å². The molecule has 1 aromatic rings. The van der Waals surface area contributed by atoms with Gasteiger partial charge in [-0.25, -0.2) is 0 Å². The molecule has 2 heterocycles. The number of anilines is 1. The molecular formula is C13H17N3O3. The summed E-state index contributed by atoms with van der Waals surface area (Å²) in [5, 5.41) is 14.6. The van der Waals surface area contributed by atoms with Gasteiger partial charge in [0.25, 0.3) is 0 Å². The number of amides is 1. The third-order valence-corrected chi connectivity index (χ3v) is 3.09. The molecule has 102 valence electrons. The first-order valence-corrected chi connectivity index (χ1v) is 6.33. The van der Waals surface area contributed by atoms with Crippen molar-refractivity contribution in [2.45, 2.75) is 19.3 Å². The van der Waals surface area contributed by atoms with Crippen LogP contribution in [0.4, 0.5) is 5.69 Å². The van der Waals surface area contributed by atoms with Crippen LogP contribution >= 0.6 is 0 Å². The number of aromatic nitrogens is 1. The van der Waals surface area contributed by atoms with Crippen molar-refractivity contribution in [3.63, 3.8) is 0 Å². The van der Waals surface area contributed by atoms with E-state index in [2.05, 4.69) is 15.6 Å². The predicted octanol–water partition coefficient (Wildman–Crippen LogP) is 0.647. The Hall–Kier alpha value is -1.95. The van der Waals surface area contributed by atoms with Gasteiger partial charge in [0.05, 0.1) is 29.9 Å². The molecule has 0 aromatic carbocycles. The van der Waals surface area contributed by atoms with Crippen LogP contribution in [0.5, 0.6) is 0 Å². The molecule has 0 unspecified atom stereocenters. The number of carboxylic acids is 1. The number of carboxylic acid groups (broad SMARTS) is 1. The van der Waals surface area contributed by atoms with Gasteiger partial charge in [-0.05, 0) is 31.5 Å². The molecule has 2 rings (SSSR count). The van der Waals surface area contributed by atoms with Gasteiger partial charge in [0, 0.05) is 6.54 Å². The molecule has 0 bridgehead atoms. The van der Waals surface area contributed by atoms with E-state index in [4.69, 9.17) is 5.11 Å². The van der Waals surface area contributed by atoms with Crippen molar-refractivity contribution in [3.8, 4) is 0 Å². The number of hydrogen-bond acceptors (Lipinski definition) is 4. The number of carbonyl (C=O) groups is 2. The maximum absolute atomic E-state index is 12.0. The minimum absolute atomic E-state index is 0.00699. The molecule has 1 aromatic heterocycles. The molecular weight excluding hydrogens is 246 g/mol. The van der Waals surface area contributed by atoms with Crippen molar-refractivity contribution in [2.24, 2.45) is 5.92 Å². The molecule has 0 radical (unpaired) electrons. The highest BCUT2D eigenvalue weighted by Gasteiger charge is 2.20. The van der Waals surface area contributed by atoms with Gasteiger partial charge < -0.3 is 15.7 Å². The van der Waals surface area contributed by atoms with Crippen molar-refractivity contribution < 1.29 is 14.7 Å². The molecule has 1 amide bonds. The molecule has 6 heteroatoms. The van der Waals surface area contributed by atoms with Crippen LogP contribution in [0.1, 0.15) is 18.5 Å². The smallest absolute Gasteiger partial charge is 0.309 e. The highest BCUT2D eigenvalue weighted by Crippen LogP contribution is 2.14. The molecule has 6 nitrogen and oxygen atoms in total. The number of nitrogens with zero attached hydrogens (tertiary/aromatic N) is 1. The second-order valence-corrected chi connectivity index (χ2v) is 4.64. The van der Waals surface area contributed by atoms with Crippen LogP contribution in [-0.2, 0) is 16.0 Å². The molecule has 1 aliphatic rings. The predicted molar refractivity (Wildman–Crippen MR) is 69.8 cm³/mol. The first kappa shape index (κ1) is 13.5. The fourth-order valence-corrected chi connectivity index (χ4v) is 2.08. The van der Waals surface area contributed by atoms with E-state index < -0.39 is 5.97 Å². The summed E-state index contributed by atoms with van der Waals surface area (Å²) in [7, 11) is 0. The molecule has 3 N–H and O–H groups in total. The summed E-state index contributed by atoms with van der Waals surface area (Å²) in [5.74, 6) is -0.940. The maximum Gasteiger partial charge on any atom is 0.309 e. The van der Waals surface area contributed by atoms with Crippen LogP contribution in [0.25, 0.3) is 0 Å². The fourth-order valence-electron chi connectivity index (χ4n) is 2.08. The summed E-state index contributed by atoms with van der Waals surface area (Å²) in [5.41, 5.74) is 1.08. The van der Waals surface area contributed by atoms with Gasteiger partial charge in [-0.3, -0.25) is 14.6 Å². The summed E-state index contributed by atoms with van der Waals surface area (Å²) in [6.07, 6.45) is 3.28. The van der Waals surface area contributed by atoms with Gasteiger partial charge >= 0.3 is 5.97 Å². The normalized spacial score (nSPS) is 18.8. The standard InChI is InChI=1S/C13H17N3O3/c17-12(18)6-10-3-4-11(8-15-10)16-13(19)9-2-1-5-14-7-9/h3-4,8-9,14H,1-2,5-7H2,(H,16,19)(H,17,18)/t9-/m1/s1. The van der Waals surface area contributed by atoms with Gasteiger partial charge in [-0.15, -0.1) is 0 Å². The van der Waals surface area contributed by atoms with Crippen molar-refractivity contribution in [2.75, 3.05) is 18.4 Å². The first-order chi connectivity index (χ1) is 9.15. The monoisotopic (exact) mass is 263 g/mol. The van der Waals surface area contributed by atoms with E-state index in [0.717, 1.165) is 19.4 Å². The van der Waals surface area contributed by atoms with E-state index in [0.29, 0.717) is 17.9 Å². The van der Waals surface area contributed by atoms with Crippen LogP contribution in [0.2, 0.25) is 0 Å². The molecule has 1 fully saturated rings. The number of piperidine rings is 1. The molecule has 0 saturated carbocycles. The lowest BCUT2D eigenvalue weighted by atomic mass is 9.99. The third kappa shape index (κ3) is 4.03. The van der Waals surface area contributed by atoms with E-state index >= 15 is 0 Å². The van der Waals surface area contributed by atoms with E-state index in [1.54, 1.807) is 12.1 Å². The fraction of sp³-hybridized carbons (Fsp3) is 0.462. The lowest BCUT2D eigenvalue weighted by Crippen LogP contribution is -2.37. The Kier molecular flexibility index (Phi) is 4.46. The molecule has 19 heavy (non-hydrogen) atoms. The van der Waals surface area contributed by atoms with Gasteiger partial charge in [0.15, 0.2) is 0 Å². The van der Waals surface area contributed by atoms with E-state index in [9.17, 15) is 9.59 Å². The average Bonchev–Trinajstić information content (AvgIpc) is 2.41. The van der Waals surface area contributed by atoms with Crippen molar-refractivity contribution in [1.82, 2.24) is 10.3 Å². The van der Waals surface area contributed by atoms with Gasteiger partial charge in [0.1, 0.15) is 0 Å². The molecule has 0 spiro atoms. The van der Waals surface area contributed by atoms with Gasteiger partial charge in [0.2, 0.25) is 5.91 Å². The Morgan fingerprint density at radius 3 is 2.89 bits per heavy atom. The number of nitrogens with one attached hydrogen (secondary N) is 2. The Bertz CT molecular complexity index is 453. The van der Waals surface area contributed by atoms with Crippen LogP contribution < -0.4 is 10.6 Å². The minimum atomic E-state index is -0.919. The third-order valence-electron chi connectivity index (χ3n) is 3.09. The van der Waals surface area contributed by atoms with Crippen molar-refractivity contribution >= 4 is 17.6 Å². The summed E-state index contributed by atoms with van der Waals surface area (Å²) in [6, 6.07) is 3.29. The summed E-state index contributed by atoms with van der Waals surface area (Å²) < 4.78 is 0. The first-order valence-electron chi connectivity index (χ1n) is 6.33. The summed E-state index contributed by atoms with van der Waals surface area (Å²) >= 11 is 0. The van der Waals surface area contributed by atoms with E-state index in [1.807, 2.05) is 0 Å². The Labute approximate surface area is 111 Å². The largest absolute Gasteiger partial charge is 0.481 e. The number of hydrogen-bond donors (Lipinski definition) is 3. The van der Waals surface area contributed by atoms with Crippen LogP contribution in [0.3, 0.4) is 0 Å². The molecule has 1 atom stereocenters. The van der Waals surface area contributed by atoms with Gasteiger partial charge in [-0.1, -0.05) is 0 Å². The number of rotatable bonds is 4. The quantitative estimate of drug-likeness (QED) is 0.741. The highest BCUT2D eigenvalue weighted by atomic mass is 16.4. The zero-order valence-electron chi connectivity index (χ0n) is 10.6. The number of pyridine rings is 1. The van der Waals surface area contributed by atoms with Crippen molar-refractivity contribution in [3.05, 3.63) is 24.0 Å². The summed E-state index contributed by atoms with van der Waals surface area (Å²) in [4.78, 5) is 26.5. The zero-order valence-corrected chi connectivity index (χ0v) is 10.6. The van der Waals surface area contributed by atoms with Crippen LogP contribution in [0, 0.1) is 5.92 Å². The average molecular weight is 263 g/mol. The second-order valence-electron chi connectivity index (χ2n) is 4.64. The van der Waals surface area contributed by atoms with Gasteiger partial charge in [-0.2, -0.15) is 0 Å². The summed E-state index contributed by atoms with van der Waals surface area (Å²) in [6.45, 7) is 1.67. The minimum Gasteiger partial charge on any atom is -0.481 e. The topological polar surface area (TPSA) is 91.3 Å². The Balaban J connectivity index is 1.91. The zero-order chi connectivity index (χ0) is 13.7. The number of carbonyl (C=O) groups excluding carboxylic acids is 1. The van der Waals surface area contributed by atoms with Crippen molar-refractivity contribution in [1.29, 1.82) is 0 Å². The molecule has 1 saturated heterocycles. The maximum atomic E-state index is 12.0. The second kappa shape index (κ2) is 6.29. The Morgan fingerprint density at radius 1 is 1.47 bits per heavy atom. The van der Waals surface area contributed by atoms with E-state index in [-0.39, 0.29) is 18.2 Å². The SMILES string of the molecule is O=C(O)Cc1ccc(NC(=O)[C@@H]2CCCNC2)cn1.